The molecule has 21 heavy (non-hydrogen) atoms. The number of benzene rings is 2. The minimum absolute atomic E-state index is 0.123. The molecule has 2 aromatic carbocycles. The molecule has 0 aliphatic heterocycles. The van der Waals surface area contributed by atoms with Crippen molar-refractivity contribution in [1.29, 1.82) is 0 Å². The van der Waals surface area contributed by atoms with E-state index in [2.05, 4.69) is 0 Å². The fraction of sp³-hybridized carbons (Fsp3) is 0.294. The van der Waals surface area contributed by atoms with Crippen LogP contribution < -0.4 is 0 Å². The molecule has 4 heteroatoms. The van der Waals surface area contributed by atoms with Gasteiger partial charge in [0, 0.05) is 0 Å². The van der Waals surface area contributed by atoms with E-state index in [-0.39, 0.29) is 11.3 Å². The SMILES string of the molecule is CCc1ccc(-c2cc(C)c(O)c(C)c2)c(C(F)(F)F)c1. The number of aryl methyl sites for hydroxylation is 3. The molecule has 2 aromatic rings. The number of halogens is 3. The normalized spacial score (nSPS) is 11.7. The van der Waals surface area contributed by atoms with Gasteiger partial charge in [-0.15, -0.1) is 0 Å². The van der Waals surface area contributed by atoms with Crippen molar-refractivity contribution < 1.29 is 18.3 Å². The summed E-state index contributed by atoms with van der Waals surface area (Å²) in [6, 6.07) is 7.58. The predicted octanol–water partition coefficient (Wildman–Crippen LogP) is 5.26. The lowest BCUT2D eigenvalue weighted by molar-refractivity contribution is -0.137. The first-order valence-electron chi connectivity index (χ1n) is 6.74. The van der Waals surface area contributed by atoms with E-state index in [9.17, 15) is 18.3 Å². The highest BCUT2D eigenvalue weighted by molar-refractivity contribution is 5.71. The summed E-state index contributed by atoms with van der Waals surface area (Å²) in [6.45, 7) is 5.18. The van der Waals surface area contributed by atoms with Crippen LogP contribution in [-0.2, 0) is 12.6 Å². The zero-order valence-corrected chi connectivity index (χ0v) is 12.2. The second-order valence-electron chi connectivity index (χ2n) is 5.19. The number of phenolic OH excluding ortho intramolecular Hbond substituents is 1. The van der Waals surface area contributed by atoms with Gasteiger partial charge in [-0.25, -0.2) is 0 Å². The van der Waals surface area contributed by atoms with E-state index in [0.29, 0.717) is 28.7 Å². The Morgan fingerprint density at radius 2 is 1.57 bits per heavy atom. The van der Waals surface area contributed by atoms with Gasteiger partial charge in [0.25, 0.3) is 0 Å². The van der Waals surface area contributed by atoms with Crippen LogP contribution in [0.5, 0.6) is 5.75 Å². The lowest BCUT2D eigenvalue weighted by Gasteiger charge is -2.16. The summed E-state index contributed by atoms with van der Waals surface area (Å²) in [4.78, 5) is 0. The Bertz CT molecular complexity index is 649. The van der Waals surface area contributed by atoms with Gasteiger partial charge in [0.15, 0.2) is 0 Å². The summed E-state index contributed by atoms with van der Waals surface area (Å²) in [5, 5.41) is 9.77. The maximum atomic E-state index is 13.3. The lowest BCUT2D eigenvalue weighted by atomic mass is 9.94. The molecule has 112 valence electrons. The van der Waals surface area contributed by atoms with Crippen molar-refractivity contribution in [3.63, 3.8) is 0 Å². The van der Waals surface area contributed by atoms with E-state index in [0.717, 1.165) is 0 Å². The standard InChI is InChI=1S/C17H17F3O/c1-4-12-5-6-14(15(9-12)17(18,19)20)13-7-10(2)16(21)11(3)8-13/h5-9,21H,4H2,1-3H3. The van der Waals surface area contributed by atoms with Crippen LogP contribution in [-0.4, -0.2) is 5.11 Å². The van der Waals surface area contributed by atoms with Gasteiger partial charge in [0.2, 0.25) is 0 Å². The molecular formula is C17H17F3O. The third kappa shape index (κ3) is 3.04. The fourth-order valence-electron chi connectivity index (χ4n) is 2.41. The van der Waals surface area contributed by atoms with Crippen molar-refractivity contribution in [2.45, 2.75) is 33.4 Å². The van der Waals surface area contributed by atoms with Crippen LogP contribution in [0.3, 0.4) is 0 Å². The first-order valence-corrected chi connectivity index (χ1v) is 6.74. The molecule has 0 aromatic heterocycles. The summed E-state index contributed by atoms with van der Waals surface area (Å²) < 4.78 is 39.8. The van der Waals surface area contributed by atoms with Crippen molar-refractivity contribution >= 4 is 0 Å². The van der Waals surface area contributed by atoms with Gasteiger partial charge in [0.1, 0.15) is 5.75 Å². The summed E-state index contributed by atoms with van der Waals surface area (Å²) in [5.74, 6) is 0.123. The number of hydrogen-bond acceptors (Lipinski definition) is 1. The molecule has 0 saturated heterocycles. The Morgan fingerprint density at radius 3 is 2.05 bits per heavy atom. The molecule has 0 saturated carbocycles. The highest BCUT2D eigenvalue weighted by atomic mass is 19.4. The average Bonchev–Trinajstić information content (AvgIpc) is 2.42. The van der Waals surface area contributed by atoms with Gasteiger partial charge >= 0.3 is 6.18 Å². The first-order chi connectivity index (χ1) is 9.74. The maximum absolute atomic E-state index is 13.3. The molecule has 0 amide bonds. The Balaban J connectivity index is 2.69. The largest absolute Gasteiger partial charge is 0.507 e. The zero-order chi connectivity index (χ0) is 15.8. The second kappa shape index (κ2) is 5.43. The Kier molecular flexibility index (Phi) is 3.99. The van der Waals surface area contributed by atoms with E-state index < -0.39 is 11.7 Å². The zero-order valence-electron chi connectivity index (χ0n) is 12.2. The van der Waals surface area contributed by atoms with Crippen LogP contribution in [0.2, 0.25) is 0 Å². The monoisotopic (exact) mass is 294 g/mol. The third-order valence-corrected chi connectivity index (χ3v) is 3.60. The third-order valence-electron chi connectivity index (χ3n) is 3.60. The number of aromatic hydroxyl groups is 1. The summed E-state index contributed by atoms with van der Waals surface area (Å²) >= 11 is 0. The number of rotatable bonds is 2. The first kappa shape index (κ1) is 15.4. The highest BCUT2D eigenvalue weighted by Crippen LogP contribution is 2.39. The fourth-order valence-corrected chi connectivity index (χ4v) is 2.41. The van der Waals surface area contributed by atoms with Crippen molar-refractivity contribution in [3.05, 3.63) is 52.6 Å². The summed E-state index contributed by atoms with van der Waals surface area (Å²) in [5.41, 5.74) is 1.77. The molecular weight excluding hydrogens is 277 g/mol. The molecule has 0 radical (unpaired) electrons. The van der Waals surface area contributed by atoms with E-state index >= 15 is 0 Å². The molecule has 0 fully saturated rings. The molecule has 1 nitrogen and oxygen atoms in total. The predicted molar refractivity (Wildman–Crippen MR) is 77.4 cm³/mol. The molecule has 0 atom stereocenters. The van der Waals surface area contributed by atoms with Gasteiger partial charge in [0.05, 0.1) is 5.56 Å². The number of alkyl halides is 3. The van der Waals surface area contributed by atoms with Crippen molar-refractivity contribution in [2.75, 3.05) is 0 Å². The molecule has 0 aliphatic rings. The summed E-state index contributed by atoms with van der Waals surface area (Å²) in [7, 11) is 0. The maximum Gasteiger partial charge on any atom is 0.417 e. The van der Waals surface area contributed by atoms with Gasteiger partial charge in [-0.1, -0.05) is 19.1 Å². The molecule has 0 bridgehead atoms. The molecule has 0 heterocycles. The number of phenols is 1. The molecule has 0 aliphatic carbocycles. The molecule has 1 N–H and O–H groups in total. The van der Waals surface area contributed by atoms with Gasteiger partial charge in [-0.05, 0) is 66.3 Å². The van der Waals surface area contributed by atoms with Crippen LogP contribution >= 0.6 is 0 Å². The van der Waals surface area contributed by atoms with E-state index in [1.165, 1.54) is 12.1 Å². The summed E-state index contributed by atoms with van der Waals surface area (Å²) in [6.07, 6.45) is -3.85. The van der Waals surface area contributed by atoms with Crippen LogP contribution in [0.25, 0.3) is 11.1 Å². The minimum atomic E-state index is -4.40. The van der Waals surface area contributed by atoms with Gasteiger partial charge in [-0.3, -0.25) is 0 Å². The van der Waals surface area contributed by atoms with Crippen LogP contribution in [0, 0.1) is 13.8 Å². The smallest absolute Gasteiger partial charge is 0.417 e. The average molecular weight is 294 g/mol. The Hall–Kier alpha value is -1.97. The topological polar surface area (TPSA) is 20.2 Å². The van der Waals surface area contributed by atoms with Crippen LogP contribution in [0.15, 0.2) is 30.3 Å². The molecule has 0 spiro atoms. The Labute approximate surface area is 122 Å². The quantitative estimate of drug-likeness (QED) is 0.801. The highest BCUT2D eigenvalue weighted by Gasteiger charge is 2.34. The van der Waals surface area contributed by atoms with Crippen molar-refractivity contribution in [3.8, 4) is 16.9 Å². The van der Waals surface area contributed by atoms with Crippen LogP contribution in [0.4, 0.5) is 13.2 Å². The molecule has 0 unspecified atom stereocenters. The van der Waals surface area contributed by atoms with Crippen LogP contribution in [0.1, 0.15) is 29.2 Å². The van der Waals surface area contributed by atoms with Crippen molar-refractivity contribution in [1.82, 2.24) is 0 Å². The lowest BCUT2D eigenvalue weighted by Crippen LogP contribution is -2.08. The molecule has 2 rings (SSSR count). The number of hydrogen-bond donors (Lipinski definition) is 1. The minimum Gasteiger partial charge on any atom is -0.507 e. The van der Waals surface area contributed by atoms with Gasteiger partial charge < -0.3 is 5.11 Å². The van der Waals surface area contributed by atoms with Crippen molar-refractivity contribution in [2.24, 2.45) is 0 Å². The Morgan fingerprint density at radius 1 is 1.00 bits per heavy atom. The van der Waals surface area contributed by atoms with E-state index in [1.54, 1.807) is 32.0 Å². The second-order valence-corrected chi connectivity index (χ2v) is 5.19. The van der Waals surface area contributed by atoms with E-state index in [1.807, 2.05) is 6.92 Å². The van der Waals surface area contributed by atoms with E-state index in [4.69, 9.17) is 0 Å². The van der Waals surface area contributed by atoms with Gasteiger partial charge in [-0.2, -0.15) is 13.2 Å².